The number of rotatable bonds is 5. The molecule has 7 heteroatoms. The molecule has 5 nitrogen and oxygen atoms in total. The summed E-state index contributed by atoms with van der Waals surface area (Å²) in [4.78, 5) is 23.7. The summed E-state index contributed by atoms with van der Waals surface area (Å²) in [5.74, 6) is -0.840. The summed E-state index contributed by atoms with van der Waals surface area (Å²) in [5.41, 5.74) is 1.76. The maximum absolute atomic E-state index is 13.3. The van der Waals surface area contributed by atoms with Crippen LogP contribution in [0.5, 0.6) is 0 Å². The molecule has 25 heavy (non-hydrogen) atoms. The first kappa shape index (κ1) is 18.9. The topological polar surface area (TPSA) is 70.2 Å². The lowest BCUT2D eigenvalue weighted by Crippen LogP contribution is -2.34. The van der Waals surface area contributed by atoms with E-state index >= 15 is 0 Å². The Kier molecular flexibility index (Phi) is 6.52. The van der Waals surface area contributed by atoms with Crippen molar-refractivity contribution in [3.63, 3.8) is 0 Å². The van der Waals surface area contributed by atoms with Gasteiger partial charge in [0.15, 0.2) is 0 Å². The molecule has 132 valence electrons. The second-order valence-electron chi connectivity index (χ2n) is 5.79. The van der Waals surface area contributed by atoms with Crippen LogP contribution in [0.4, 0.5) is 14.9 Å². The minimum atomic E-state index is -0.477. The van der Waals surface area contributed by atoms with Gasteiger partial charge in [-0.3, -0.25) is 4.79 Å². The van der Waals surface area contributed by atoms with E-state index in [9.17, 15) is 14.0 Å². The van der Waals surface area contributed by atoms with E-state index in [1.54, 1.807) is 30.3 Å². The van der Waals surface area contributed by atoms with Crippen molar-refractivity contribution >= 4 is 33.6 Å². The first-order valence-electron chi connectivity index (χ1n) is 7.74. The Hall–Kier alpha value is -2.41. The number of hydrogen-bond acceptors (Lipinski definition) is 2. The maximum atomic E-state index is 13.3. The minimum Gasteiger partial charge on any atom is -0.348 e. The van der Waals surface area contributed by atoms with Gasteiger partial charge in [-0.05, 0) is 49.7 Å². The maximum Gasteiger partial charge on any atom is 0.319 e. The van der Waals surface area contributed by atoms with Gasteiger partial charge >= 0.3 is 6.03 Å². The SMILES string of the molecule is CC(C)NC(=O)Nc1ccc(CNC(=O)c2cc(F)cc(Br)c2)cc1. The predicted molar refractivity (Wildman–Crippen MR) is 99.0 cm³/mol. The molecule has 0 atom stereocenters. The summed E-state index contributed by atoms with van der Waals surface area (Å²) < 4.78 is 13.8. The molecule has 2 aromatic carbocycles. The highest BCUT2D eigenvalue weighted by atomic mass is 79.9. The van der Waals surface area contributed by atoms with E-state index < -0.39 is 5.82 Å². The fraction of sp³-hybridized carbons (Fsp3) is 0.222. The van der Waals surface area contributed by atoms with Gasteiger partial charge in [-0.1, -0.05) is 28.1 Å². The van der Waals surface area contributed by atoms with Crippen molar-refractivity contribution in [2.45, 2.75) is 26.4 Å². The van der Waals surface area contributed by atoms with Crippen molar-refractivity contribution in [1.29, 1.82) is 0 Å². The van der Waals surface area contributed by atoms with Gasteiger partial charge in [0.25, 0.3) is 5.91 Å². The van der Waals surface area contributed by atoms with Gasteiger partial charge in [-0.2, -0.15) is 0 Å². The summed E-state index contributed by atoms with van der Waals surface area (Å²) in [7, 11) is 0. The fourth-order valence-electron chi connectivity index (χ4n) is 2.10. The van der Waals surface area contributed by atoms with Gasteiger partial charge in [0, 0.05) is 28.3 Å². The molecular weight excluding hydrogens is 389 g/mol. The smallest absolute Gasteiger partial charge is 0.319 e. The Bertz CT molecular complexity index is 743. The molecule has 0 aliphatic carbocycles. The molecule has 3 amide bonds. The molecule has 0 unspecified atom stereocenters. The van der Waals surface area contributed by atoms with Crippen LogP contribution < -0.4 is 16.0 Å². The first-order valence-corrected chi connectivity index (χ1v) is 8.53. The minimum absolute atomic E-state index is 0.0531. The molecule has 0 saturated carbocycles. The zero-order valence-corrected chi connectivity index (χ0v) is 15.5. The Labute approximate surface area is 154 Å². The zero-order chi connectivity index (χ0) is 18.4. The van der Waals surface area contributed by atoms with Crippen molar-refractivity contribution in [2.75, 3.05) is 5.32 Å². The van der Waals surface area contributed by atoms with E-state index in [1.165, 1.54) is 12.1 Å². The highest BCUT2D eigenvalue weighted by molar-refractivity contribution is 9.10. The molecule has 0 aromatic heterocycles. The number of carbonyl (C=O) groups is 2. The average Bonchev–Trinajstić information content (AvgIpc) is 2.52. The summed E-state index contributed by atoms with van der Waals surface area (Å²) in [6.07, 6.45) is 0. The van der Waals surface area contributed by atoms with Gasteiger partial charge in [-0.25, -0.2) is 9.18 Å². The highest BCUT2D eigenvalue weighted by Crippen LogP contribution is 2.15. The first-order chi connectivity index (χ1) is 11.8. The van der Waals surface area contributed by atoms with E-state index in [2.05, 4.69) is 31.9 Å². The second kappa shape index (κ2) is 8.62. The van der Waals surface area contributed by atoms with Crippen LogP contribution in [0.25, 0.3) is 0 Å². The van der Waals surface area contributed by atoms with Crippen LogP contribution in [-0.4, -0.2) is 18.0 Å². The van der Waals surface area contributed by atoms with E-state index in [1.807, 2.05) is 13.8 Å². The molecule has 0 aliphatic heterocycles. The molecule has 0 aliphatic rings. The van der Waals surface area contributed by atoms with E-state index in [-0.39, 0.29) is 23.5 Å². The lowest BCUT2D eigenvalue weighted by molar-refractivity contribution is 0.0950. The van der Waals surface area contributed by atoms with E-state index in [0.29, 0.717) is 16.7 Å². The summed E-state index contributed by atoms with van der Waals surface area (Å²) in [5, 5.41) is 8.18. The molecule has 0 saturated heterocycles. The molecule has 0 fully saturated rings. The van der Waals surface area contributed by atoms with Crippen molar-refractivity contribution < 1.29 is 14.0 Å². The quantitative estimate of drug-likeness (QED) is 0.699. The van der Waals surface area contributed by atoms with Gasteiger partial charge in [0.1, 0.15) is 5.82 Å². The molecule has 0 spiro atoms. The molecule has 2 rings (SSSR count). The lowest BCUT2D eigenvalue weighted by atomic mass is 10.1. The molecular formula is C18H19BrFN3O2. The largest absolute Gasteiger partial charge is 0.348 e. The molecule has 3 N–H and O–H groups in total. The van der Waals surface area contributed by atoms with Gasteiger partial charge in [0.05, 0.1) is 0 Å². The molecule has 0 bridgehead atoms. The van der Waals surface area contributed by atoms with E-state index in [4.69, 9.17) is 0 Å². The van der Waals surface area contributed by atoms with Gasteiger partial charge in [0.2, 0.25) is 0 Å². The third kappa shape index (κ3) is 6.19. The van der Waals surface area contributed by atoms with Crippen molar-refractivity contribution in [1.82, 2.24) is 10.6 Å². The third-order valence-corrected chi connectivity index (χ3v) is 3.67. The summed E-state index contributed by atoms with van der Waals surface area (Å²) in [6.45, 7) is 4.05. The normalized spacial score (nSPS) is 10.4. The van der Waals surface area contributed by atoms with Gasteiger partial charge in [-0.15, -0.1) is 0 Å². The number of nitrogens with one attached hydrogen (secondary N) is 3. The van der Waals surface area contributed by atoms with Crippen molar-refractivity contribution in [3.05, 3.63) is 63.9 Å². The Morgan fingerprint density at radius 2 is 1.80 bits per heavy atom. The number of halogens is 2. The number of carbonyl (C=O) groups excluding carboxylic acids is 2. The number of urea groups is 1. The Balaban J connectivity index is 1.90. The van der Waals surface area contributed by atoms with Gasteiger partial charge < -0.3 is 16.0 Å². The van der Waals surface area contributed by atoms with Crippen LogP contribution in [0, 0.1) is 5.82 Å². The monoisotopic (exact) mass is 407 g/mol. The summed E-state index contributed by atoms with van der Waals surface area (Å²) in [6, 6.07) is 10.9. The van der Waals surface area contributed by atoms with Crippen LogP contribution in [0.15, 0.2) is 46.9 Å². The van der Waals surface area contributed by atoms with Crippen LogP contribution in [0.1, 0.15) is 29.8 Å². The molecule has 2 aromatic rings. The Morgan fingerprint density at radius 1 is 1.12 bits per heavy atom. The zero-order valence-electron chi connectivity index (χ0n) is 13.9. The molecule has 0 heterocycles. The van der Waals surface area contributed by atoms with Crippen LogP contribution in [0.2, 0.25) is 0 Å². The summed E-state index contributed by atoms with van der Waals surface area (Å²) >= 11 is 3.16. The number of anilines is 1. The molecule has 0 radical (unpaired) electrons. The Morgan fingerprint density at radius 3 is 2.40 bits per heavy atom. The predicted octanol–water partition coefficient (Wildman–Crippen LogP) is 4.05. The van der Waals surface area contributed by atoms with Crippen LogP contribution >= 0.6 is 15.9 Å². The number of hydrogen-bond donors (Lipinski definition) is 3. The average molecular weight is 408 g/mol. The second-order valence-corrected chi connectivity index (χ2v) is 6.71. The highest BCUT2D eigenvalue weighted by Gasteiger charge is 2.08. The van der Waals surface area contributed by atoms with Crippen molar-refractivity contribution in [3.8, 4) is 0 Å². The third-order valence-electron chi connectivity index (χ3n) is 3.21. The van der Waals surface area contributed by atoms with Crippen molar-refractivity contribution in [2.24, 2.45) is 0 Å². The fourth-order valence-corrected chi connectivity index (χ4v) is 2.57. The number of benzene rings is 2. The lowest BCUT2D eigenvalue weighted by Gasteiger charge is -2.11. The number of amides is 3. The van der Waals surface area contributed by atoms with Crippen LogP contribution in [0.3, 0.4) is 0 Å². The standard InChI is InChI=1S/C18H19BrFN3O2/c1-11(2)22-18(25)23-16-5-3-12(4-6-16)10-21-17(24)13-7-14(19)9-15(20)8-13/h3-9,11H,10H2,1-2H3,(H,21,24)(H2,22,23,25). The van der Waals surface area contributed by atoms with Crippen LogP contribution in [-0.2, 0) is 6.54 Å². The van der Waals surface area contributed by atoms with E-state index in [0.717, 1.165) is 5.56 Å².